The minimum absolute atomic E-state index is 0.0515. The van der Waals surface area contributed by atoms with E-state index in [1.807, 2.05) is 6.92 Å². The monoisotopic (exact) mass is 227 g/mol. The Morgan fingerprint density at radius 1 is 1.56 bits per heavy atom. The first-order valence-electron chi connectivity index (χ1n) is 5.08. The van der Waals surface area contributed by atoms with Gasteiger partial charge >= 0.3 is 5.97 Å². The Labute approximate surface area is 95.0 Å². The van der Waals surface area contributed by atoms with E-state index in [1.54, 1.807) is 6.08 Å². The fraction of sp³-hybridized carbons (Fsp3) is 0.545. The Morgan fingerprint density at radius 3 is 2.81 bits per heavy atom. The summed E-state index contributed by atoms with van der Waals surface area (Å²) in [6, 6.07) is 0. The van der Waals surface area contributed by atoms with E-state index in [-0.39, 0.29) is 6.10 Å². The number of nitrogens with one attached hydrogen (secondary N) is 1. The van der Waals surface area contributed by atoms with E-state index >= 15 is 0 Å². The van der Waals surface area contributed by atoms with Crippen molar-refractivity contribution in [1.82, 2.24) is 5.48 Å². The number of methoxy groups -OCH3 is 1. The topological polar surface area (TPSA) is 56.8 Å². The molecule has 1 fully saturated rings. The second-order valence-corrected chi connectivity index (χ2v) is 3.40. The molecule has 16 heavy (non-hydrogen) atoms. The molecule has 0 aliphatic carbocycles. The van der Waals surface area contributed by atoms with Crippen molar-refractivity contribution in [3.8, 4) is 0 Å². The average molecular weight is 227 g/mol. The number of hydrogen-bond donors (Lipinski definition) is 1. The van der Waals surface area contributed by atoms with Gasteiger partial charge in [0.1, 0.15) is 0 Å². The molecule has 0 saturated carbocycles. The molecule has 0 aromatic heterocycles. The summed E-state index contributed by atoms with van der Waals surface area (Å²) in [5.41, 5.74) is 4.00. The molecule has 0 radical (unpaired) electrons. The zero-order chi connectivity index (χ0) is 12.0. The Balaban J connectivity index is 2.81. The lowest BCUT2D eigenvalue weighted by molar-refractivity contribution is -0.135. The molecule has 5 nitrogen and oxygen atoms in total. The van der Waals surface area contributed by atoms with Gasteiger partial charge in [0.2, 0.25) is 0 Å². The second kappa shape index (κ2) is 6.30. The largest absolute Gasteiger partial charge is 0.465 e. The summed E-state index contributed by atoms with van der Waals surface area (Å²) in [5, 5.41) is 0. The van der Waals surface area contributed by atoms with Gasteiger partial charge < -0.3 is 9.47 Å². The van der Waals surface area contributed by atoms with Crippen LogP contribution in [0.5, 0.6) is 0 Å². The van der Waals surface area contributed by atoms with Crippen LogP contribution >= 0.6 is 0 Å². The molecular formula is C11H17NO4. The van der Waals surface area contributed by atoms with Crippen LogP contribution in [0.15, 0.2) is 23.4 Å². The first-order valence-corrected chi connectivity index (χ1v) is 5.08. The van der Waals surface area contributed by atoms with Gasteiger partial charge in [0, 0.05) is 6.20 Å². The third-order valence-corrected chi connectivity index (χ3v) is 2.38. The van der Waals surface area contributed by atoms with Crippen LogP contribution < -0.4 is 5.48 Å². The van der Waals surface area contributed by atoms with Crippen molar-refractivity contribution in [2.75, 3.05) is 20.8 Å². The molecule has 1 N–H and O–H groups in total. The maximum Gasteiger partial charge on any atom is 0.339 e. The van der Waals surface area contributed by atoms with Crippen LogP contribution in [0.4, 0.5) is 0 Å². The van der Waals surface area contributed by atoms with Crippen molar-refractivity contribution in [2.45, 2.75) is 19.4 Å². The molecular weight excluding hydrogens is 210 g/mol. The quantitative estimate of drug-likeness (QED) is 0.440. The maximum atomic E-state index is 11.4. The number of ether oxygens (including phenoxy) is 2. The number of rotatable bonds is 4. The first-order chi connectivity index (χ1) is 7.69. The van der Waals surface area contributed by atoms with Gasteiger partial charge in [-0.25, -0.2) is 4.79 Å². The standard InChI is InChI=1S/C11H17NO4/c1-8-9(4-5-16-8)6-10(7-12-15-3)11(13)14-2/h6-8,12H,4-5H2,1-3H3/b9-6+,10-7+/t8-/m1/s1. The van der Waals surface area contributed by atoms with Crippen molar-refractivity contribution in [2.24, 2.45) is 0 Å². The Morgan fingerprint density at radius 2 is 2.31 bits per heavy atom. The Bertz CT molecular complexity index is 309. The zero-order valence-corrected chi connectivity index (χ0v) is 9.78. The molecule has 1 aliphatic rings. The number of hydroxylamine groups is 1. The molecule has 5 heteroatoms. The van der Waals surface area contributed by atoms with Crippen molar-refractivity contribution in [3.63, 3.8) is 0 Å². The number of esters is 1. The van der Waals surface area contributed by atoms with Gasteiger partial charge in [-0.2, -0.15) is 0 Å². The van der Waals surface area contributed by atoms with E-state index in [1.165, 1.54) is 20.4 Å². The van der Waals surface area contributed by atoms with E-state index in [0.717, 1.165) is 12.0 Å². The van der Waals surface area contributed by atoms with Crippen molar-refractivity contribution in [3.05, 3.63) is 23.4 Å². The molecule has 0 aromatic carbocycles. The summed E-state index contributed by atoms with van der Waals surface area (Å²) < 4.78 is 10.1. The molecule has 0 aromatic rings. The van der Waals surface area contributed by atoms with E-state index in [2.05, 4.69) is 15.1 Å². The highest BCUT2D eigenvalue weighted by atomic mass is 16.6. The van der Waals surface area contributed by atoms with Gasteiger partial charge in [-0.15, -0.1) is 0 Å². The molecule has 90 valence electrons. The first kappa shape index (κ1) is 12.7. The second-order valence-electron chi connectivity index (χ2n) is 3.40. The fourth-order valence-electron chi connectivity index (χ4n) is 1.45. The lowest BCUT2D eigenvalue weighted by Gasteiger charge is -2.06. The van der Waals surface area contributed by atoms with Crippen molar-refractivity contribution >= 4 is 5.97 Å². The summed E-state index contributed by atoms with van der Waals surface area (Å²) in [7, 11) is 2.82. The normalized spacial score (nSPS) is 23.6. The highest BCUT2D eigenvalue weighted by molar-refractivity contribution is 5.91. The predicted octanol–water partition coefficient (Wildman–Crippen LogP) is 0.929. The molecule has 0 spiro atoms. The van der Waals surface area contributed by atoms with Crippen LogP contribution in [0.3, 0.4) is 0 Å². The maximum absolute atomic E-state index is 11.4. The Kier molecular flexibility index (Phi) is 5.01. The van der Waals surface area contributed by atoms with Crippen LogP contribution in [0.25, 0.3) is 0 Å². The summed E-state index contributed by atoms with van der Waals surface area (Å²) in [5.74, 6) is -0.406. The van der Waals surface area contributed by atoms with E-state index in [9.17, 15) is 4.79 Å². The van der Waals surface area contributed by atoms with Crippen LogP contribution in [-0.4, -0.2) is 32.9 Å². The molecule has 1 saturated heterocycles. The zero-order valence-electron chi connectivity index (χ0n) is 9.78. The summed E-state index contributed by atoms with van der Waals surface area (Å²) in [6.45, 7) is 2.65. The smallest absolute Gasteiger partial charge is 0.339 e. The number of carbonyl (C=O) groups excluding carboxylic acids is 1. The lowest BCUT2D eigenvalue weighted by Crippen LogP contribution is -2.11. The number of carbonyl (C=O) groups is 1. The highest BCUT2D eigenvalue weighted by Crippen LogP contribution is 2.21. The van der Waals surface area contributed by atoms with E-state index < -0.39 is 5.97 Å². The SMILES string of the molecule is CON/C=C(\C=C1/CCO[C@@H]1C)C(=O)OC. The molecule has 1 rings (SSSR count). The minimum Gasteiger partial charge on any atom is -0.465 e. The van der Waals surface area contributed by atoms with Crippen LogP contribution in [-0.2, 0) is 19.1 Å². The molecule has 1 atom stereocenters. The number of hydrogen-bond acceptors (Lipinski definition) is 5. The van der Waals surface area contributed by atoms with Gasteiger partial charge in [0.15, 0.2) is 0 Å². The molecule has 1 heterocycles. The average Bonchev–Trinajstić information content (AvgIpc) is 2.69. The minimum atomic E-state index is -0.406. The van der Waals surface area contributed by atoms with E-state index in [0.29, 0.717) is 12.2 Å². The summed E-state index contributed by atoms with van der Waals surface area (Å²) in [6.07, 6.45) is 4.12. The van der Waals surface area contributed by atoms with Crippen molar-refractivity contribution in [1.29, 1.82) is 0 Å². The van der Waals surface area contributed by atoms with E-state index in [4.69, 9.17) is 4.74 Å². The van der Waals surface area contributed by atoms with Gasteiger partial charge in [0.05, 0.1) is 32.5 Å². The third kappa shape index (κ3) is 3.36. The van der Waals surface area contributed by atoms with Gasteiger partial charge in [-0.3, -0.25) is 10.3 Å². The lowest BCUT2D eigenvalue weighted by atomic mass is 10.1. The Hall–Kier alpha value is -1.33. The van der Waals surface area contributed by atoms with Crippen LogP contribution in [0.2, 0.25) is 0 Å². The fourth-order valence-corrected chi connectivity index (χ4v) is 1.45. The van der Waals surface area contributed by atoms with Gasteiger partial charge in [0.25, 0.3) is 0 Å². The molecule has 0 unspecified atom stereocenters. The van der Waals surface area contributed by atoms with Crippen molar-refractivity contribution < 1.29 is 19.1 Å². The van der Waals surface area contributed by atoms with Crippen LogP contribution in [0.1, 0.15) is 13.3 Å². The highest BCUT2D eigenvalue weighted by Gasteiger charge is 2.18. The van der Waals surface area contributed by atoms with Gasteiger partial charge in [-0.05, 0) is 25.0 Å². The molecule has 0 bridgehead atoms. The van der Waals surface area contributed by atoms with Crippen LogP contribution in [0, 0.1) is 0 Å². The van der Waals surface area contributed by atoms with Gasteiger partial charge in [-0.1, -0.05) is 0 Å². The predicted molar refractivity (Wildman–Crippen MR) is 58.4 cm³/mol. The third-order valence-electron chi connectivity index (χ3n) is 2.38. The molecule has 0 amide bonds. The molecule has 1 aliphatic heterocycles. The summed E-state index contributed by atoms with van der Waals surface area (Å²) in [4.78, 5) is 16.1. The summed E-state index contributed by atoms with van der Waals surface area (Å²) >= 11 is 0.